The van der Waals surface area contributed by atoms with Crippen molar-refractivity contribution in [2.45, 2.75) is 0 Å². The Hall–Kier alpha value is -3.34. The van der Waals surface area contributed by atoms with E-state index in [0.29, 0.717) is 0 Å². The zero-order chi connectivity index (χ0) is 22.1. The van der Waals surface area contributed by atoms with Gasteiger partial charge in [-0.25, -0.2) is 0 Å². The van der Waals surface area contributed by atoms with E-state index in [-0.39, 0.29) is 0 Å². The first kappa shape index (κ1) is 20.3. The Morgan fingerprint density at radius 3 is 1.06 bits per heavy atom. The van der Waals surface area contributed by atoms with Gasteiger partial charge in [-0.1, -0.05) is 0 Å². The topological polar surface area (TPSA) is 0 Å². The van der Waals surface area contributed by atoms with Gasteiger partial charge >= 0.3 is 200 Å². The maximum absolute atomic E-state index is 3.58. The standard InChI is InChI=1S/C14H9.3C6H5.Sb/c1-2-6-12-10-14-8-4-3-7-13(14)9-11(12)5-1;3*1-2-4-6-5-3-1;/h1-9H;3*1-5H;/q;;;;+1. The van der Waals surface area contributed by atoms with Crippen LogP contribution in [0.5, 0.6) is 0 Å². The number of rotatable bonds is 4. The van der Waals surface area contributed by atoms with E-state index in [1.807, 2.05) is 0 Å². The van der Waals surface area contributed by atoms with Crippen molar-refractivity contribution in [3.05, 3.63) is 146 Å². The molecule has 0 atom stereocenters. The predicted molar refractivity (Wildman–Crippen MR) is 145 cm³/mol. The number of fused-ring (bicyclic) bond motifs is 2. The van der Waals surface area contributed by atoms with Gasteiger partial charge < -0.3 is 0 Å². The van der Waals surface area contributed by atoms with Crippen LogP contribution in [0.2, 0.25) is 0 Å². The molecule has 0 aliphatic rings. The van der Waals surface area contributed by atoms with E-state index >= 15 is 0 Å². The van der Waals surface area contributed by atoms with Gasteiger partial charge in [0.1, 0.15) is 0 Å². The van der Waals surface area contributed by atoms with Crippen LogP contribution in [0.25, 0.3) is 21.5 Å². The van der Waals surface area contributed by atoms with Crippen LogP contribution in [0.3, 0.4) is 0 Å². The van der Waals surface area contributed by atoms with Gasteiger partial charge in [0.2, 0.25) is 0 Å². The summed E-state index contributed by atoms with van der Waals surface area (Å²) in [4.78, 5) is 0. The summed E-state index contributed by atoms with van der Waals surface area (Å²) in [5, 5.41) is 5.37. The third-order valence-corrected chi connectivity index (χ3v) is 19.0. The summed E-state index contributed by atoms with van der Waals surface area (Å²) in [5.41, 5.74) is 0. The third kappa shape index (κ3) is 3.29. The molecule has 0 unspecified atom stereocenters. The van der Waals surface area contributed by atoms with Gasteiger partial charge in [0.25, 0.3) is 0 Å². The summed E-state index contributed by atoms with van der Waals surface area (Å²) < 4.78 is 5.94. The molecule has 156 valence electrons. The Bertz CT molecular complexity index is 1390. The van der Waals surface area contributed by atoms with Gasteiger partial charge in [0, 0.05) is 0 Å². The minimum absolute atomic E-state index is 1.31. The molecule has 6 rings (SSSR count). The molecule has 0 aliphatic heterocycles. The zero-order valence-corrected chi connectivity index (χ0v) is 20.9. The first-order valence-electron chi connectivity index (χ1n) is 11.4. The van der Waals surface area contributed by atoms with Crippen LogP contribution in [-0.2, 0) is 0 Å². The molecule has 0 amide bonds. The Morgan fingerprint density at radius 2 is 0.667 bits per heavy atom. The molecule has 0 saturated heterocycles. The monoisotopic (exact) mass is 529 g/mol. The van der Waals surface area contributed by atoms with Crippen LogP contribution in [0.15, 0.2) is 146 Å². The Kier molecular flexibility index (Phi) is 5.25. The molecule has 33 heavy (non-hydrogen) atoms. The molecule has 0 aliphatic carbocycles. The molecular weight excluding hydrogens is 506 g/mol. The van der Waals surface area contributed by atoms with E-state index in [2.05, 4.69) is 146 Å². The van der Waals surface area contributed by atoms with Crippen molar-refractivity contribution in [2.24, 2.45) is 0 Å². The predicted octanol–water partition coefficient (Wildman–Crippen LogP) is 5.37. The van der Waals surface area contributed by atoms with Gasteiger partial charge in [-0.2, -0.15) is 0 Å². The van der Waals surface area contributed by atoms with Gasteiger partial charge in [-0.05, 0) is 0 Å². The molecule has 6 aromatic carbocycles. The van der Waals surface area contributed by atoms with Crippen molar-refractivity contribution < 1.29 is 0 Å². The molecule has 0 fully saturated rings. The molecule has 0 nitrogen and oxygen atoms in total. The Morgan fingerprint density at radius 1 is 0.333 bits per heavy atom. The van der Waals surface area contributed by atoms with E-state index in [0.717, 1.165) is 0 Å². The van der Waals surface area contributed by atoms with Crippen molar-refractivity contribution >= 4 is 54.4 Å². The van der Waals surface area contributed by atoms with Crippen molar-refractivity contribution in [1.29, 1.82) is 0 Å². The minimum atomic E-state index is -3.58. The molecule has 0 spiro atoms. The quantitative estimate of drug-likeness (QED) is 0.213. The Labute approximate surface area is 199 Å². The van der Waals surface area contributed by atoms with Crippen LogP contribution in [0, 0.1) is 0 Å². The van der Waals surface area contributed by atoms with E-state index in [4.69, 9.17) is 0 Å². The molecular formula is C32H24Sb+. The SMILES string of the molecule is c1cc[c]([Sb+]([c]2ccccc2)([c]2ccccc2)[c]2c3ccccc3cc3ccccc23)cc1. The maximum atomic E-state index is 2.36. The van der Waals surface area contributed by atoms with Gasteiger partial charge in [-0.3, -0.25) is 0 Å². The van der Waals surface area contributed by atoms with Crippen LogP contribution in [-0.4, -0.2) is 18.8 Å². The first-order valence-corrected chi connectivity index (χ1v) is 16.5. The van der Waals surface area contributed by atoms with Crippen molar-refractivity contribution in [2.75, 3.05) is 0 Å². The summed E-state index contributed by atoms with van der Waals surface area (Å²) in [6.45, 7) is 0. The second kappa shape index (κ2) is 8.54. The second-order valence-corrected chi connectivity index (χ2v) is 17.9. The average molecular weight is 530 g/mol. The molecule has 0 N–H and O–H groups in total. The van der Waals surface area contributed by atoms with Crippen LogP contribution in [0.4, 0.5) is 0 Å². The molecule has 1 heteroatoms. The Balaban J connectivity index is 1.91. The van der Waals surface area contributed by atoms with Gasteiger partial charge in [0.05, 0.1) is 0 Å². The van der Waals surface area contributed by atoms with Crippen LogP contribution >= 0.6 is 0 Å². The summed E-state index contributed by atoms with van der Waals surface area (Å²) >= 11 is -3.58. The van der Waals surface area contributed by atoms with E-state index in [1.54, 1.807) is 0 Å². The van der Waals surface area contributed by atoms with E-state index < -0.39 is 18.8 Å². The number of benzene rings is 6. The summed E-state index contributed by atoms with van der Waals surface area (Å²) in [6, 6.07) is 54.1. The first-order chi connectivity index (χ1) is 16.4. The molecule has 0 saturated carbocycles. The number of hydrogen-bond donors (Lipinski definition) is 0. The fourth-order valence-corrected chi connectivity index (χ4v) is 18.4. The van der Waals surface area contributed by atoms with E-state index in [9.17, 15) is 0 Å². The third-order valence-electron chi connectivity index (χ3n) is 6.51. The van der Waals surface area contributed by atoms with Gasteiger partial charge in [-0.15, -0.1) is 0 Å². The molecule has 0 aromatic heterocycles. The fourth-order valence-electron chi connectivity index (χ4n) is 5.14. The average Bonchev–Trinajstić information content (AvgIpc) is 2.90. The van der Waals surface area contributed by atoms with Crippen molar-refractivity contribution in [3.8, 4) is 0 Å². The molecule has 0 heterocycles. The summed E-state index contributed by atoms with van der Waals surface area (Å²) in [5.74, 6) is 0. The van der Waals surface area contributed by atoms with Crippen molar-refractivity contribution in [3.63, 3.8) is 0 Å². The molecule has 0 bridgehead atoms. The molecule has 0 radical (unpaired) electrons. The van der Waals surface area contributed by atoms with Gasteiger partial charge in [0.15, 0.2) is 0 Å². The summed E-state index contributed by atoms with van der Waals surface area (Å²) in [6.07, 6.45) is 0. The summed E-state index contributed by atoms with van der Waals surface area (Å²) in [7, 11) is 0. The fraction of sp³-hybridized carbons (Fsp3) is 0. The van der Waals surface area contributed by atoms with E-state index in [1.165, 1.54) is 35.6 Å². The normalized spacial score (nSPS) is 11.6. The number of hydrogen-bond acceptors (Lipinski definition) is 0. The van der Waals surface area contributed by atoms with Crippen LogP contribution in [0.1, 0.15) is 0 Å². The second-order valence-electron chi connectivity index (χ2n) is 8.34. The van der Waals surface area contributed by atoms with Crippen molar-refractivity contribution in [1.82, 2.24) is 0 Å². The zero-order valence-electron chi connectivity index (χ0n) is 18.3. The van der Waals surface area contributed by atoms with Crippen LogP contribution < -0.4 is 14.0 Å². The molecule has 6 aromatic rings.